The average molecular weight is 298 g/mol. The molecule has 112 valence electrons. The van der Waals surface area contributed by atoms with E-state index in [1.807, 2.05) is 12.1 Å². The van der Waals surface area contributed by atoms with Crippen LogP contribution in [-0.2, 0) is 21.2 Å². The van der Waals surface area contributed by atoms with Crippen molar-refractivity contribution >= 4 is 10.0 Å². The van der Waals surface area contributed by atoms with E-state index in [0.29, 0.717) is 37.1 Å². The van der Waals surface area contributed by atoms with Gasteiger partial charge in [0.25, 0.3) is 0 Å². The molecule has 2 N–H and O–H groups in total. The SMILES string of the molecule is COCC1CCN(S(=O)(=O)c2ccc(CCN)cc2)C1. The fourth-order valence-corrected chi connectivity index (χ4v) is 4.06. The van der Waals surface area contributed by atoms with Crippen molar-refractivity contribution in [2.75, 3.05) is 33.4 Å². The van der Waals surface area contributed by atoms with Crippen molar-refractivity contribution in [1.29, 1.82) is 0 Å². The minimum absolute atomic E-state index is 0.297. The Balaban J connectivity index is 2.10. The molecule has 1 atom stereocenters. The lowest BCUT2D eigenvalue weighted by atomic mass is 10.1. The maximum Gasteiger partial charge on any atom is 0.243 e. The molecule has 1 heterocycles. The Labute approximate surface area is 120 Å². The van der Waals surface area contributed by atoms with Gasteiger partial charge in [0.05, 0.1) is 11.5 Å². The summed E-state index contributed by atoms with van der Waals surface area (Å²) in [5.41, 5.74) is 6.55. The molecule has 0 amide bonds. The van der Waals surface area contributed by atoms with Crippen molar-refractivity contribution in [1.82, 2.24) is 4.31 Å². The third kappa shape index (κ3) is 3.38. The molecule has 0 aliphatic carbocycles. The molecule has 0 spiro atoms. The number of benzene rings is 1. The first kappa shape index (κ1) is 15.4. The fourth-order valence-electron chi connectivity index (χ4n) is 2.53. The van der Waals surface area contributed by atoms with Gasteiger partial charge >= 0.3 is 0 Å². The number of rotatable bonds is 6. The molecule has 20 heavy (non-hydrogen) atoms. The zero-order chi connectivity index (χ0) is 14.6. The third-order valence-corrected chi connectivity index (χ3v) is 5.52. The minimum Gasteiger partial charge on any atom is -0.384 e. The van der Waals surface area contributed by atoms with Crippen LogP contribution in [0.25, 0.3) is 0 Å². The number of ether oxygens (including phenoxy) is 1. The first-order valence-electron chi connectivity index (χ1n) is 6.86. The number of methoxy groups -OCH3 is 1. The van der Waals surface area contributed by atoms with Gasteiger partial charge in [-0.25, -0.2) is 8.42 Å². The predicted octanol–water partition coefficient (Wildman–Crippen LogP) is 0.845. The standard InChI is InChI=1S/C14H22N2O3S/c1-19-11-13-7-9-16(10-13)20(17,18)14-4-2-12(3-5-14)6-8-15/h2-5,13H,6-11,15H2,1H3. The van der Waals surface area contributed by atoms with Gasteiger partial charge < -0.3 is 10.5 Å². The van der Waals surface area contributed by atoms with Gasteiger partial charge in [-0.05, 0) is 43.0 Å². The Morgan fingerprint density at radius 2 is 2.05 bits per heavy atom. The minimum atomic E-state index is -3.38. The monoisotopic (exact) mass is 298 g/mol. The third-order valence-electron chi connectivity index (χ3n) is 3.65. The summed E-state index contributed by atoms with van der Waals surface area (Å²) >= 11 is 0. The van der Waals surface area contributed by atoms with Crippen LogP contribution in [0.4, 0.5) is 0 Å². The molecule has 1 saturated heterocycles. The second-order valence-electron chi connectivity index (χ2n) is 5.16. The van der Waals surface area contributed by atoms with Crippen molar-refractivity contribution in [2.24, 2.45) is 11.7 Å². The first-order chi connectivity index (χ1) is 9.57. The van der Waals surface area contributed by atoms with Gasteiger partial charge in [-0.1, -0.05) is 12.1 Å². The summed E-state index contributed by atoms with van der Waals surface area (Å²) in [5.74, 6) is 0.297. The number of nitrogens with zero attached hydrogens (tertiary/aromatic N) is 1. The highest BCUT2D eigenvalue weighted by Crippen LogP contribution is 2.24. The van der Waals surface area contributed by atoms with Crippen LogP contribution >= 0.6 is 0 Å². The molecule has 1 fully saturated rings. The Morgan fingerprint density at radius 3 is 2.65 bits per heavy atom. The van der Waals surface area contributed by atoms with Crippen molar-refractivity contribution in [3.05, 3.63) is 29.8 Å². The molecule has 1 aliphatic heterocycles. The van der Waals surface area contributed by atoms with Crippen molar-refractivity contribution in [2.45, 2.75) is 17.7 Å². The molecule has 5 nitrogen and oxygen atoms in total. The molecule has 0 bridgehead atoms. The van der Waals surface area contributed by atoms with Gasteiger partial charge in [0.1, 0.15) is 0 Å². The van der Waals surface area contributed by atoms with E-state index in [9.17, 15) is 8.42 Å². The van der Waals surface area contributed by atoms with Crippen LogP contribution in [-0.4, -0.2) is 46.1 Å². The summed E-state index contributed by atoms with van der Waals surface area (Å²) < 4.78 is 31.7. The zero-order valence-electron chi connectivity index (χ0n) is 11.8. The van der Waals surface area contributed by atoms with Crippen molar-refractivity contribution in [3.63, 3.8) is 0 Å². The second kappa shape index (κ2) is 6.67. The van der Waals surface area contributed by atoms with E-state index < -0.39 is 10.0 Å². The summed E-state index contributed by atoms with van der Waals surface area (Å²) in [6.07, 6.45) is 1.62. The van der Waals surface area contributed by atoms with Gasteiger partial charge in [-0.15, -0.1) is 0 Å². The smallest absolute Gasteiger partial charge is 0.243 e. The second-order valence-corrected chi connectivity index (χ2v) is 7.09. The average Bonchev–Trinajstić information content (AvgIpc) is 2.90. The molecule has 1 aliphatic rings. The maximum atomic E-state index is 12.5. The molecule has 0 radical (unpaired) electrons. The zero-order valence-corrected chi connectivity index (χ0v) is 12.6. The molecular weight excluding hydrogens is 276 g/mol. The van der Waals surface area contributed by atoms with Crippen LogP contribution in [0.3, 0.4) is 0 Å². The number of hydrogen-bond donors (Lipinski definition) is 1. The summed E-state index contributed by atoms with van der Waals surface area (Å²) in [4.78, 5) is 0.358. The Hall–Kier alpha value is -0.950. The molecular formula is C14H22N2O3S. The molecule has 6 heteroatoms. The van der Waals surface area contributed by atoms with E-state index in [-0.39, 0.29) is 0 Å². The Bertz CT molecular complexity index is 528. The quantitative estimate of drug-likeness (QED) is 0.845. The maximum absolute atomic E-state index is 12.5. The van der Waals surface area contributed by atoms with Crippen LogP contribution < -0.4 is 5.73 Å². The largest absolute Gasteiger partial charge is 0.384 e. The van der Waals surface area contributed by atoms with E-state index in [1.165, 1.54) is 0 Å². The van der Waals surface area contributed by atoms with E-state index in [1.54, 1.807) is 23.5 Å². The van der Waals surface area contributed by atoms with Gasteiger partial charge in [0, 0.05) is 20.2 Å². The highest BCUT2D eigenvalue weighted by Gasteiger charge is 2.32. The Morgan fingerprint density at radius 1 is 1.35 bits per heavy atom. The number of sulfonamides is 1. The fraction of sp³-hybridized carbons (Fsp3) is 0.571. The molecule has 0 saturated carbocycles. The van der Waals surface area contributed by atoms with Gasteiger partial charge in [-0.3, -0.25) is 0 Å². The summed E-state index contributed by atoms with van der Waals surface area (Å²) in [5, 5.41) is 0. The van der Waals surface area contributed by atoms with Crippen molar-refractivity contribution in [3.8, 4) is 0 Å². The number of hydrogen-bond acceptors (Lipinski definition) is 4. The number of nitrogens with two attached hydrogens (primary N) is 1. The van der Waals surface area contributed by atoms with Gasteiger partial charge in [0.2, 0.25) is 10.0 Å². The summed E-state index contributed by atoms with van der Waals surface area (Å²) in [7, 11) is -1.73. The van der Waals surface area contributed by atoms with Crippen LogP contribution in [0.15, 0.2) is 29.2 Å². The molecule has 2 rings (SSSR count). The highest BCUT2D eigenvalue weighted by atomic mass is 32.2. The van der Waals surface area contributed by atoms with Crippen LogP contribution in [0, 0.1) is 5.92 Å². The van der Waals surface area contributed by atoms with E-state index in [2.05, 4.69) is 0 Å². The molecule has 1 aromatic carbocycles. The summed E-state index contributed by atoms with van der Waals surface area (Å²) in [6, 6.07) is 7.01. The van der Waals surface area contributed by atoms with Crippen LogP contribution in [0.2, 0.25) is 0 Å². The van der Waals surface area contributed by atoms with Gasteiger partial charge in [0.15, 0.2) is 0 Å². The normalized spacial score (nSPS) is 20.4. The van der Waals surface area contributed by atoms with E-state index in [0.717, 1.165) is 18.4 Å². The Kier molecular flexibility index (Phi) is 5.15. The summed E-state index contributed by atoms with van der Waals surface area (Å²) in [6.45, 7) is 2.29. The van der Waals surface area contributed by atoms with Crippen molar-refractivity contribution < 1.29 is 13.2 Å². The molecule has 0 aromatic heterocycles. The van der Waals surface area contributed by atoms with Crippen LogP contribution in [0.1, 0.15) is 12.0 Å². The van der Waals surface area contributed by atoms with E-state index >= 15 is 0 Å². The first-order valence-corrected chi connectivity index (χ1v) is 8.30. The molecule has 1 aromatic rings. The topological polar surface area (TPSA) is 72.6 Å². The van der Waals surface area contributed by atoms with E-state index in [4.69, 9.17) is 10.5 Å². The lowest BCUT2D eigenvalue weighted by Gasteiger charge is -2.16. The van der Waals surface area contributed by atoms with Gasteiger partial charge in [-0.2, -0.15) is 4.31 Å². The highest BCUT2D eigenvalue weighted by molar-refractivity contribution is 7.89. The lowest BCUT2D eigenvalue weighted by Crippen LogP contribution is -2.29. The lowest BCUT2D eigenvalue weighted by molar-refractivity contribution is 0.157. The molecule has 1 unspecified atom stereocenters. The van der Waals surface area contributed by atoms with Crippen LogP contribution in [0.5, 0.6) is 0 Å². The predicted molar refractivity (Wildman–Crippen MR) is 77.9 cm³/mol.